The Kier molecular flexibility index (Phi) is 5.39. The third-order valence-electron chi connectivity index (χ3n) is 5.80. The zero-order valence-electron chi connectivity index (χ0n) is 18.3. The first kappa shape index (κ1) is 22.0. The van der Waals surface area contributed by atoms with Crippen molar-refractivity contribution in [2.24, 2.45) is 0 Å². The third-order valence-corrected chi connectivity index (χ3v) is 8.71. The van der Waals surface area contributed by atoms with Crippen molar-refractivity contribution >= 4 is 49.9 Å². The van der Waals surface area contributed by atoms with Crippen LogP contribution in [-0.2, 0) is 14.2 Å². The molecule has 34 heavy (non-hydrogen) atoms. The summed E-state index contributed by atoms with van der Waals surface area (Å²) in [5, 5.41) is 0. The zero-order chi connectivity index (χ0) is 23.4. The molecule has 2 N–H and O–H groups in total. The van der Waals surface area contributed by atoms with Crippen LogP contribution in [0.1, 0.15) is 20.1 Å². The van der Waals surface area contributed by atoms with Gasteiger partial charge in [-0.2, -0.15) is 0 Å². The van der Waals surface area contributed by atoms with Gasteiger partial charge in [-0.25, -0.2) is 15.0 Å². The molecule has 0 aliphatic carbocycles. The lowest BCUT2D eigenvalue weighted by Crippen LogP contribution is -2.33. The number of fused-ring (bicyclic) bond motifs is 2. The molecule has 5 heterocycles. The number of hydrogen-bond acceptors (Lipinski definition) is 11. The molecule has 2 fully saturated rings. The molecule has 4 aromatic rings. The second-order valence-corrected chi connectivity index (χ2v) is 11.5. The maximum atomic E-state index is 6.37. The molecule has 2 aliphatic rings. The number of benzene rings is 1. The van der Waals surface area contributed by atoms with Gasteiger partial charge < -0.3 is 24.7 Å². The number of anilines is 1. The van der Waals surface area contributed by atoms with Crippen molar-refractivity contribution in [3.05, 3.63) is 46.8 Å². The minimum Gasteiger partial charge on any atom is -0.491 e. The van der Waals surface area contributed by atoms with Crippen molar-refractivity contribution in [1.29, 1.82) is 0 Å². The van der Waals surface area contributed by atoms with E-state index >= 15 is 0 Å². The first-order valence-electron chi connectivity index (χ1n) is 10.7. The maximum absolute atomic E-state index is 6.37. The topological polar surface area (TPSA) is 107 Å². The Morgan fingerprint density at radius 3 is 2.68 bits per heavy atom. The quantitative estimate of drug-likeness (QED) is 0.305. The van der Waals surface area contributed by atoms with Crippen molar-refractivity contribution in [1.82, 2.24) is 19.5 Å². The molecule has 0 bridgehead atoms. The summed E-state index contributed by atoms with van der Waals surface area (Å²) >= 11 is 5.24. The normalized spacial score (nSPS) is 25.6. The summed E-state index contributed by atoms with van der Waals surface area (Å²) in [5.74, 6) is 0.322. The van der Waals surface area contributed by atoms with Gasteiger partial charge >= 0.3 is 0 Å². The average Bonchev–Trinajstić information content (AvgIpc) is 3.56. The molecule has 176 valence electrons. The maximum Gasteiger partial charge on any atom is 0.167 e. The van der Waals surface area contributed by atoms with E-state index in [0.29, 0.717) is 23.6 Å². The van der Waals surface area contributed by atoms with Crippen molar-refractivity contribution in [3.8, 4) is 16.2 Å². The van der Waals surface area contributed by atoms with E-state index in [1.807, 2.05) is 48.7 Å². The Balaban J connectivity index is 1.22. The Labute approximate surface area is 207 Å². The fraction of sp³-hybridized carbons (Fsp3) is 0.364. The van der Waals surface area contributed by atoms with E-state index in [9.17, 15) is 0 Å². The second kappa shape index (κ2) is 8.33. The molecule has 1 aromatic carbocycles. The summed E-state index contributed by atoms with van der Waals surface area (Å²) in [6.07, 6.45) is 1.55. The van der Waals surface area contributed by atoms with E-state index in [-0.39, 0.29) is 18.3 Å². The molecule has 12 heteroatoms. The molecule has 6 rings (SSSR count). The Morgan fingerprint density at radius 1 is 1.12 bits per heavy atom. The largest absolute Gasteiger partial charge is 0.491 e. The van der Waals surface area contributed by atoms with Crippen LogP contribution in [-0.4, -0.2) is 50.2 Å². The summed E-state index contributed by atoms with van der Waals surface area (Å²) in [7, 11) is 3.28. The van der Waals surface area contributed by atoms with Crippen LogP contribution >= 0.6 is 32.9 Å². The van der Waals surface area contributed by atoms with E-state index in [4.69, 9.17) is 36.9 Å². The van der Waals surface area contributed by atoms with E-state index in [1.54, 1.807) is 27.0 Å². The number of rotatable bonds is 5. The molecule has 9 nitrogen and oxygen atoms in total. The lowest BCUT2D eigenvalue weighted by Gasteiger charge is -2.24. The molecule has 0 radical (unpaired) electrons. The molecule has 0 amide bonds. The second-order valence-electron chi connectivity index (χ2n) is 8.54. The van der Waals surface area contributed by atoms with Gasteiger partial charge in [-0.3, -0.25) is 4.57 Å². The highest BCUT2D eigenvalue weighted by Crippen LogP contribution is 2.44. The smallest absolute Gasteiger partial charge is 0.167 e. The van der Waals surface area contributed by atoms with Crippen LogP contribution in [0.15, 0.2) is 43.0 Å². The average molecular weight is 516 g/mol. The van der Waals surface area contributed by atoms with Gasteiger partial charge in [-0.05, 0) is 49.7 Å². The van der Waals surface area contributed by atoms with Crippen molar-refractivity contribution in [2.45, 2.75) is 44.2 Å². The van der Waals surface area contributed by atoms with Gasteiger partial charge in [-0.1, -0.05) is 32.9 Å². The SMILES string of the molecule is CC1(C)O[C@@H]2[C@H](O1)[C@@H](COc1ccc(-c3cc(=S)ss3)cc1)O[C@H]2n1cnc2c(N)ncnc21. The van der Waals surface area contributed by atoms with Crippen LogP contribution in [0.2, 0.25) is 0 Å². The van der Waals surface area contributed by atoms with Gasteiger partial charge in [-0.15, -0.1) is 0 Å². The first-order chi connectivity index (χ1) is 16.4. The summed E-state index contributed by atoms with van der Waals surface area (Å²) in [6, 6.07) is 9.98. The number of nitrogens with zero attached hydrogens (tertiary/aromatic N) is 4. The summed E-state index contributed by atoms with van der Waals surface area (Å²) in [6.45, 7) is 4.09. The number of aromatic nitrogens is 4. The standard InChI is InChI=1S/C22H21N5O4S3/c1-22(2)30-17-13(8-28-12-5-3-11(4-6-12)14-7-15(32)34-33-14)29-21(18(17)31-22)27-10-26-16-19(23)24-9-25-20(16)27/h3-7,9-10,13,17-18,21H,8H2,1-2H3,(H2,23,24,25)/t13-,17-,18-,21-/m1/s1. The van der Waals surface area contributed by atoms with Crippen LogP contribution < -0.4 is 10.5 Å². The fourth-order valence-corrected chi connectivity index (χ4v) is 6.74. The van der Waals surface area contributed by atoms with E-state index in [0.717, 1.165) is 20.0 Å². The zero-order valence-corrected chi connectivity index (χ0v) is 20.7. The van der Waals surface area contributed by atoms with Crippen LogP contribution in [0, 0.1) is 3.82 Å². The molecule has 0 spiro atoms. The third kappa shape index (κ3) is 3.89. The Bertz CT molecular complexity index is 1400. The predicted molar refractivity (Wildman–Crippen MR) is 131 cm³/mol. The molecule has 0 saturated carbocycles. The minimum absolute atomic E-state index is 0.303. The highest BCUT2D eigenvalue weighted by molar-refractivity contribution is 7.80. The highest BCUT2D eigenvalue weighted by Gasteiger charge is 2.56. The number of nitrogen functional groups attached to an aromatic ring is 1. The molecule has 2 saturated heterocycles. The molecule has 2 aliphatic heterocycles. The molecule has 4 atom stereocenters. The highest BCUT2D eigenvalue weighted by atomic mass is 32.9. The molecular formula is C22H21N5O4S3. The lowest BCUT2D eigenvalue weighted by atomic mass is 10.1. The van der Waals surface area contributed by atoms with Gasteiger partial charge in [0.15, 0.2) is 23.5 Å². The van der Waals surface area contributed by atoms with E-state index < -0.39 is 12.0 Å². The van der Waals surface area contributed by atoms with Gasteiger partial charge in [0.05, 0.1) is 6.33 Å². The number of ether oxygens (including phenoxy) is 4. The fourth-order valence-electron chi connectivity index (χ4n) is 4.34. The first-order valence-corrected chi connectivity index (χ1v) is 13.2. The molecular weight excluding hydrogens is 494 g/mol. The van der Waals surface area contributed by atoms with Crippen molar-refractivity contribution in [3.63, 3.8) is 0 Å². The van der Waals surface area contributed by atoms with Gasteiger partial charge in [0, 0.05) is 4.88 Å². The molecule has 0 unspecified atom stereocenters. The lowest BCUT2D eigenvalue weighted by molar-refractivity contribution is -0.198. The van der Waals surface area contributed by atoms with E-state index in [1.165, 1.54) is 6.33 Å². The summed E-state index contributed by atoms with van der Waals surface area (Å²) in [4.78, 5) is 13.9. The summed E-state index contributed by atoms with van der Waals surface area (Å²) < 4.78 is 27.6. The van der Waals surface area contributed by atoms with Gasteiger partial charge in [0.1, 0.15) is 46.3 Å². The van der Waals surface area contributed by atoms with Crippen LogP contribution in [0.3, 0.4) is 0 Å². The van der Waals surface area contributed by atoms with Crippen LogP contribution in [0.4, 0.5) is 5.82 Å². The Hall–Kier alpha value is -2.48. The van der Waals surface area contributed by atoms with Crippen LogP contribution in [0.5, 0.6) is 5.75 Å². The minimum atomic E-state index is -0.743. The Morgan fingerprint density at radius 2 is 1.91 bits per heavy atom. The van der Waals surface area contributed by atoms with Crippen LogP contribution in [0.25, 0.3) is 21.6 Å². The van der Waals surface area contributed by atoms with Crippen molar-refractivity contribution in [2.75, 3.05) is 12.3 Å². The monoisotopic (exact) mass is 515 g/mol. The number of hydrogen-bond donors (Lipinski definition) is 1. The van der Waals surface area contributed by atoms with Gasteiger partial charge in [0.2, 0.25) is 0 Å². The van der Waals surface area contributed by atoms with Gasteiger partial charge in [0.25, 0.3) is 0 Å². The molecule has 3 aromatic heterocycles. The number of nitrogens with two attached hydrogens (primary N) is 1. The predicted octanol–water partition coefficient (Wildman–Crippen LogP) is 4.42. The van der Waals surface area contributed by atoms with Crippen molar-refractivity contribution < 1.29 is 18.9 Å². The number of imidazole rings is 1. The van der Waals surface area contributed by atoms with E-state index in [2.05, 4.69) is 15.0 Å². The summed E-state index contributed by atoms with van der Waals surface area (Å²) in [5.41, 5.74) is 8.18.